The van der Waals surface area contributed by atoms with Gasteiger partial charge < -0.3 is 16.0 Å². The van der Waals surface area contributed by atoms with Gasteiger partial charge in [0, 0.05) is 23.8 Å². The molecular weight excluding hydrogens is 452 g/mol. The number of fused-ring (bicyclic) bond motifs is 3. The number of benzene rings is 1. The van der Waals surface area contributed by atoms with Gasteiger partial charge in [-0.25, -0.2) is 8.42 Å². The molecule has 4 aliphatic rings. The van der Waals surface area contributed by atoms with Crippen LogP contribution in [0.4, 0.5) is 5.69 Å². The Labute approximate surface area is 193 Å². The van der Waals surface area contributed by atoms with E-state index in [1.165, 1.54) is 0 Å². The maximum Gasteiger partial charge on any atom is 0.250 e. The molecule has 2 amide bonds. The predicted molar refractivity (Wildman–Crippen MR) is 122 cm³/mol. The molecule has 0 spiro atoms. The average molecular weight is 481 g/mol. The van der Waals surface area contributed by atoms with Crippen molar-refractivity contribution in [1.82, 2.24) is 9.62 Å². The number of hydrogen-bond acceptors (Lipinski definition) is 5. The number of hydrogen-bond donors (Lipinski definition) is 2. The smallest absolute Gasteiger partial charge is 0.250 e. The molecule has 3 saturated heterocycles. The third kappa shape index (κ3) is 3.83. The van der Waals surface area contributed by atoms with E-state index in [2.05, 4.69) is 5.32 Å². The Kier molecular flexibility index (Phi) is 5.72. The third-order valence-electron chi connectivity index (χ3n) is 7.54. The highest BCUT2D eigenvalue weighted by atomic mass is 35.5. The number of amides is 2. The van der Waals surface area contributed by atoms with Gasteiger partial charge in [0.25, 0.3) is 0 Å². The maximum absolute atomic E-state index is 13.3. The summed E-state index contributed by atoms with van der Waals surface area (Å²) in [6.07, 6.45) is 4.93. The molecule has 4 aliphatic heterocycles. The lowest BCUT2D eigenvalue weighted by Gasteiger charge is -2.42. The highest BCUT2D eigenvalue weighted by Gasteiger charge is 2.50. The van der Waals surface area contributed by atoms with Crippen LogP contribution < -0.4 is 16.0 Å². The number of nitrogens with one attached hydrogen (secondary N) is 1. The van der Waals surface area contributed by atoms with Crippen LogP contribution in [0, 0.1) is 5.92 Å². The summed E-state index contributed by atoms with van der Waals surface area (Å²) in [6.45, 7) is 1.76. The van der Waals surface area contributed by atoms with E-state index in [4.69, 9.17) is 17.3 Å². The number of sulfonamides is 1. The molecule has 3 N–H and O–H groups in total. The van der Waals surface area contributed by atoms with Gasteiger partial charge in [-0.1, -0.05) is 11.6 Å². The summed E-state index contributed by atoms with van der Waals surface area (Å²) in [5.41, 5.74) is 7.10. The third-order valence-corrected chi connectivity index (χ3v) is 9.98. The average Bonchev–Trinajstić information content (AvgIpc) is 3.20. The number of carbonyl (C=O) groups excluding carboxylic acids is 2. The van der Waals surface area contributed by atoms with Gasteiger partial charge in [-0.15, -0.1) is 0 Å². The molecule has 1 aromatic rings. The lowest BCUT2D eigenvalue weighted by molar-refractivity contribution is -0.118. The standard InChI is InChI=1S/C22H29ClN4O4S/c23-19-11-20-14(7-18(19)22(24)29)8-21(28)26(20)17-9-15-1-2-16(10-17)27(15)32(30,31)12-13-3-5-25-6-4-13/h7,11,13,15-17,25H,1-6,8-10,12H2,(H2,24,29). The number of nitrogens with two attached hydrogens (primary N) is 1. The molecule has 3 fully saturated rings. The minimum atomic E-state index is -3.33. The Morgan fingerprint density at radius 3 is 2.38 bits per heavy atom. The van der Waals surface area contributed by atoms with Crippen LogP contribution in [0.2, 0.25) is 5.02 Å². The first kappa shape index (κ1) is 22.1. The van der Waals surface area contributed by atoms with E-state index in [9.17, 15) is 18.0 Å². The van der Waals surface area contributed by atoms with Gasteiger partial charge in [-0.05, 0) is 75.2 Å². The molecule has 5 rings (SSSR count). The molecule has 1 aromatic carbocycles. The normalized spacial score (nSPS) is 28.8. The molecule has 2 atom stereocenters. The van der Waals surface area contributed by atoms with E-state index in [1.54, 1.807) is 21.3 Å². The lowest BCUT2D eigenvalue weighted by Crippen LogP contribution is -2.54. The second-order valence-electron chi connectivity index (χ2n) is 9.58. The summed E-state index contributed by atoms with van der Waals surface area (Å²) in [7, 11) is -3.33. The van der Waals surface area contributed by atoms with Gasteiger partial charge in [0.05, 0.1) is 22.8 Å². The topological polar surface area (TPSA) is 113 Å². The highest BCUT2D eigenvalue weighted by Crippen LogP contribution is 2.44. The van der Waals surface area contributed by atoms with Crippen molar-refractivity contribution < 1.29 is 18.0 Å². The molecule has 0 aromatic heterocycles. The van der Waals surface area contributed by atoms with Crippen molar-refractivity contribution in [3.8, 4) is 0 Å². The zero-order chi connectivity index (χ0) is 22.6. The van der Waals surface area contributed by atoms with Crippen molar-refractivity contribution in [2.75, 3.05) is 23.7 Å². The monoisotopic (exact) mass is 480 g/mol. The van der Waals surface area contributed by atoms with Crippen molar-refractivity contribution in [2.45, 2.75) is 63.1 Å². The van der Waals surface area contributed by atoms with E-state index in [-0.39, 0.29) is 52.7 Å². The molecule has 0 saturated carbocycles. The molecule has 0 aliphatic carbocycles. The van der Waals surface area contributed by atoms with Gasteiger partial charge in [0.1, 0.15) is 0 Å². The van der Waals surface area contributed by atoms with Crippen molar-refractivity contribution >= 4 is 39.1 Å². The van der Waals surface area contributed by atoms with Crippen LogP contribution >= 0.6 is 11.6 Å². The summed E-state index contributed by atoms with van der Waals surface area (Å²) in [5, 5.41) is 3.53. The molecule has 10 heteroatoms. The molecule has 8 nitrogen and oxygen atoms in total. The summed E-state index contributed by atoms with van der Waals surface area (Å²) in [6, 6.07) is 3.07. The van der Waals surface area contributed by atoms with Crippen LogP contribution in [0.15, 0.2) is 12.1 Å². The lowest BCUT2D eigenvalue weighted by atomic mass is 9.97. The number of piperidine rings is 2. The quantitative estimate of drug-likeness (QED) is 0.665. The van der Waals surface area contributed by atoms with Crippen LogP contribution in [0.3, 0.4) is 0 Å². The second kappa shape index (κ2) is 8.27. The van der Waals surface area contributed by atoms with Crippen LogP contribution in [0.25, 0.3) is 0 Å². The summed E-state index contributed by atoms with van der Waals surface area (Å²) in [4.78, 5) is 26.3. The fraction of sp³-hybridized carbons (Fsp3) is 0.636. The van der Waals surface area contributed by atoms with Gasteiger partial charge in [0.15, 0.2) is 0 Å². The number of nitrogens with zero attached hydrogens (tertiary/aromatic N) is 2. The predicted octanol–water partition coefficient (Wildman–Crippen LogP) is 1.65. The van der Waals surface area contributed by atoms with E-state index in [0.717, 1.165) is 50.0 Å². The summed E-state index contributed by atoms with van der Waals surface area (Å²) >= 11 is 6.27. The van der Waals surface area contributed by atoms with Crippen molar-refractivity contribution in [3.05, 3.63) is 28.3 Å². The first-order chi connectivity index (χ1) is 15.2. The number of rotatable bonds is 5. The van der Waals surface area contributed by atoms with Gasteiger partial charge in [0.2, 0.25) is 21.8 Å². The molecule has 2 bridgehead atoms. The van der Waals surface area contributed by atoms with Gasteiger partial charge in [-0.2, -0.15) is 4.31 Å². The maximum atomic E-state index is 13.3. The molecule has 2 unspecified atom stereocenters. The Balaban J connectivity index is 1.36. The zero-order valence-corrected chi connectivity index (χ0v) is 19.5. The fourth-order valence-corrected chi connectivity index (χ4v) is 8.79. The molecule has 4 heterocycles. The number of carbonyl (C=O) groups is 2. The van der Waals surface area contributed by atoms with Crippen molar-refractivity contribution in [3.63, 3.8) is 0 Å². The molecular formula is C22H29ClN4O4S. The first-order valence-corrected chi connectivity index (χ1v) is 13.4. The number of halogens is 1. The highest BCUT2D eigenvalue weighted by molar-refractivity contribution is 7.89. The molecule has 174 valence electrons. The summed E-state index contributed by atoms with van der Waals surface area (Å²) in [5.74, 6) is -0.210. The van der Waals surface area contributed by atoms with Gasteiger partial charge in [-0.3, -0.25) is 9.59 Å². The number of anilines is 1. The Morgan fingerprint density at radius 1 is 1.09 bits per heavy atom. The molecule has 0 radical (unpaired) electrons. The van der Waals surface area contributed by atoms with E-state index >= 15 is 0 Å². The molecule has 32 heavy (non-hydrogen) atoms. The second-order valence-corrected chi connectivity index (χ2v) is 11.9. The minimum Gasteiger partial charge on any atom is -0.366 e. The SMILES string of the molecule is NC(=O)c1cc2c(cc1Cl)N(C1CC3CCC(C1)N3S(=O)(=O)CC1CCNCC1)C(=O)C2. The number of primary amides is 1. The van der Waals surface area contributed by atoms with Gasteiger partial charge >= 0.3 is 0 Å². The van der Waals surface area contributed by atoms with Crippen LogP contribution in [0.5, 0.6) is 0 Å². The van der Waals surface area contributed by atoms with E-state index in [0.29, 0.717) is 12.8 Å². The van der Waals surface area contributed by atoms with Crippen molar-refractivity contribution in [2.24, 2.45) is 11.7 Å². The Hall–Kier alpha value is -1.68. The Morgan fingerprint density at radius 2 is 1.75 bits per heavy atom. The van der Waals surface area contributed by atoms with Crippen LogP contribution in [-0.4, -0.2) is 61.5 Å². The van der Waals surface area contributed by atoms with Crippen LogP contribution in [0.1, 0.15) is 54.4 Å². The zero-order valence-electron chi connectivity index (χ0n) is 17.9. The Bertz CT molecular complexity index is 1040. The fourth-order valence-electron chi connectivity index (χ4n) is 6.15. The van der Waals surface area contributed by atoms with Crippen LogP contribution in [-0.2, 0) is 21.2 Å². The summed E-state index contributed by atoms with van der Waals surface area (Å²) < 4.78 is 28.4. The van der Waals surface area contributed by atoms with Crippen molar-refractivity contribution in [1.29, 1.82) is 0 Å². The van der Waals surface area contributed by atoms with E-state index in [1.807, 2.05) is 0 Å². The first-order valence-electron chi connectivity index (χ1n) is 11.4. The van der Waals surface area contributed by atoms with E-state index < -0.39 is 15.9 Å². The largest absolute Gasteiger partial charge is 0.366 e. The minimum absolute atomic E-state index is 0.0342.